The second-order valence-electron chi connectivity index (χ2n) is 4.61. The molecule has 0 bridgehead atoms. The lowest BCUT2D eigenvalue weighted by Crippen LogP contribution is -2.33. The standard InChI is InChI=1S/C12H19N3O/c1-15-7-6-14-12(15)11(16)10-5-3-2-4-9(10)8-13/h6-7,9-10H,2-5,8,13H2,1H3. The summed E-state index contributed by atoms with van der Waals surface area (Å²) in [6.07, 6.45) is 7.87. The fourth-order valence-electron chi connectivity index (χ4n) is 2.60. The number of carbonyl (C=O) groups is 1. The largest absolute Gasteiger partial charge is 0.332 e. The molecule has 1 heterocycles. The van der Waals surface area contributed by atoms with Crippen LogP contribution in [-0.4, -0.2) is 21.9 Å². The van der Waals surface area contributed by atoms with Crippen molar-refractivity contribution in [1.29, 1.82) is 0 Å². The van der Waals surface area contributed by atoms with Gasteiger partial charge in [0.05, 0.1) is 0 Å². The SMILES string of the molecule is Cn1ccnc1C(=O)C1CCCCC1CN. The molecular weight excluding hydrogens is 202 g/mol. The second-order valence-corrected chi connectivity index (χ2v) is 4.61. The van der Waals surface area contributed by atoms with Crippen molar-refractivity contribution in [2.75, 3.05) is 6.54 Å². The molecule has 1 aromatic heterocycles. The van der Waals surface area contributed by atoms with E-state index in [1.54, 1.807) is 10.8 Å². The molecule has 1 saturated carbocycles. The van der Waals surface area contributed by atoms with E-state index in [2.05, 4.69) is 4.98 Å². The summed E-state index contributed by atoms with van der Waals surface area (Å²) in [7, 11) is 1.86. The minimum atomic E-state index is 0.0832. The Morgan fingerprint density at radius 3 is 2.94 bits per heavy atom. The molecule has 0 aliphatic heterocycles. The van der Waals surface area contributed by atoms with Crippen molar-refractivity contribution < 1.29 is 4.79 Å². The first kappa shape index (κ1) is 11.3. The zero-order valence-electron chi connectivity index (χ0n) is 9.72. The highest BCUT2D eigenvalue weighted by molar-refractivity contribution is 5.95. The van der Waals surface area contributed by atoms with Gasteiger partial charge in [0.25, 0.3) is 0 Å². The first-order valence-electron chi connectivity index (χ1n) is 5.95. The summed E-state index contributed by atoms with van der Waals surface area (Å²) in [5.41, 5.74) is 5.74. The number of imidazole rings is 1. The number of hydrogen-bond donors (Lipinski definition) is 1. The molecular formula is C12H19N3O. The molecule has 2 atom stereocenters. The number of aryl methyl sites for hydroxylation is 1. The third kappa shape index (κ3) is 2.02. The molecule has 1 aliphatic carbocycles. The van der Waals surface area contributed by atoms with Crippen LogP contribution in [-0.2, 0) is 7.05 Å². The van der Waals surface area contributed by atoms with Crippen LogP contribution in [0.25, 0.3) is 0 Å². The molecule has 2 N–H and O–H groups in total. The minimum absolute atomic E-state index is 0.0832. The molecule has 0 amide bonds. The van der Waals surface area contributed by atoms with E-state index in [1.807, 2.05) is 13.2 Å². The Bertz CT molecular complexity index is 372. The molecule has 1 fully saturated rings. The topological polar surface area (TPSA) is 60.9 Å². The Kier molecular flexibility index (Phi) is 3.39. The zero-order chi connectivity index (χ0) is 11.5. The van der Waals surface area contributed by atoms with Crippen LogP contribution in [0.15, 0.2) is 12.4 Å². The van der Waals surface area contributed by atoms with Gasteiger partial charge in [-0.15, -0.1) is 0 Å². The Balaban J connectivity index is 2.17. The van der Waals surface area contributed by atoms with Crippen molar-refractivity contribution in [1.82, 2.24) is 9.55 Å². The maximum atomic E-state index is 12.3. The summed E-state index contributed by atoms with van der Waals surface area (Å²) in [4.78, 5) is 16.4. The highest BCUT2D eigenvalue weighted by atomic mass is 16.1. The lowest BCUT2D eigenvalue weighted by molar-refractivity contribution is 0.0815. The molecule has 4 nitrogen and oxygen atoms in total. The van der Waals surface area contributed by atoms with E-state index in [1.165, 1.54) is 6.42 Å². The fourth-order valence-corrected chi connectivity index (χ4v) is 2.60. The third-order valence-electron chi connectivity index (χ3n) is 3.59. The number of carbonyl (C=O) groups excluding carboxylic acids is 1. The van der Waals surface area contributed by atoms with E-state index < -0.39 is 0 Å². The summed E-state index contributed by atoms with van der Waals surface area (Å²) < 4.78 is 1.80. The van der Waals surface area contributed by atoms with Gasteiger partial charge in [-0.05, 0) is 25.3 Å². The quantitative estimate of drug-likeness (QED) is 0.784. The number of ketones is 1. The highest BCUT2D eigenvalue weighted by Crippen LogP contribution is 2.31. The van der Waals surface area contributed by atoms with Gasteiger partial charge in [0.2, 0.25) is 5.78 Å². The Morgan fingerprint density at radius 1 is 1.56 bits per heavy atom. The summed E-state index contributed by atoms with van der Waals surface area (Å²) >= 11 is 0. The molecule has 0 spiro atoms. The van der Waals surface area contributed by atoms with Crippen LogP contribution in [0.3, 0.4) is 0 Å². The molecule has 2 unspecified atom stereocenters. The number of rotatable bonds is 3. The molecule has 4 heteroatoms. The number of nitrogens with two attached hydrogens (primary N) is 1. The Labute approximate surface area is 95.9 Å². The maximum absolute atomic E-state index is 12.3. The van der Waals surface area contributed by atoms with Gasteiger partial charge < -0.3 is 10.3 Å². The minimum Gasteiger partial charge on any atom is -0.332 e. The van der Waals surface area contributed by atoms with Crippen molar-refractivity contribution in [3.05, 3.63) is 18.2 Å². The van der Waals surface area contributed by atoms with Crippen molar-refractivity contribution in [3.8, 4) is 0 Å². The number of hydrogen-bond acceptors (Lipinski definition) is 3. The van der Waals surface area contributed by atoms with Gasteiger partial charge in [0.15, 0.2) is 5.82 Å². The first-order valence-corrected chi connectivity index (χ1v) is 5.95. The van der Waals surface area contributed by atoms with Gasteiger partial charge in [0.1, 0.15) is 0 Å². The van der Waals surface area contributed by atoms with E-state index >= 15 is 0 Å². The molecule has 1 aliphatic rings. The molecule has 0 radical (unpaired) electrons. The van der Waals surface area contributed by atoms with Gasteiger partial charge in [-0.3, -0.25) is 4.79 Å². The molecule has 16 heavy (non-hydrogen) atoms. The summed E-state index contributed by atoms with van der Waals surface area (Å²) in [5, 5.41) is 0. The first-order chi connectivity index (χ1) is 7.74. The van der Waals surface area contributed by atoms with Crippen molar-refractivity contribution in [2.45, 2.75) is 25.7 Å². The van der Waals surface area contributed by atoms with Crippen LogP contribution < -0.4 is 5.73 Å². The summed E-state index contributed by atoms with van der Waals surface area (Å²) in [6, 6.07) is 0. The van der Waals surface area contributed by atoms with Gasteiger partial charge >= 0.3 is 0 Å². The van der Waals surface area contributed by atoms with Crippen molar-refractivity contribution in [3.63, 3.8) is 0 Å². The van der Waals surface area contributed by atoms with E-state index in [4.69, 9.17) is 5.73 Å². The number of nitrogens with zero attached hydrogens (tertiary/aromatic N) is 2. The van der Waals surface area contributed by atoms with Gasteiger partial charge in [0, 0.05) is 25.4 Å². The number of Topliss-reactive ketones (excluding diaryl/α,β-unsaturated/α-hetero) is 1. The van der Waals surface area contributed by atoms with Crippen LogP contribution in [0.5, 0.6) is 0 Å². The Morgan fingerprint density at radius 2 is 2.31 bits per heavy atom. The third-order valence-corrected chi connectivity index (χ3v) is 3.59. The fraction of sp³-hybridized carbons (Fsp3) is 0.667. The Hall–Kier alpha value is -1.16. The van der Waals surface area contributed by atoms with E-state index in [9.17, 15) is 4.79 Å². The smallest absolute Gasteiger partial charge is 0.201 e. The van der Waals surface area contributed by atoms with Gasteiger partial charge in [-0.2, -0.15) is 0 Å². The van der Waals surface area contributed by atoms with Crippen LogP contribution in [0, 0.1) is 11.8 Å². The van der Waals surface area contributed by atoms with E-state index in [0.717, 1.165) is 19.3 Å². The predicted molar refractivity (Wildman–Crippen MR) is 62.0 cm³/mol. The van der Waals surface area contributed by atoms with Crippen molar-refractivity contribution >= 4 is 5.78 Å². The molecule has 2 rings (SSSR count). The highest BCUT2D eigenvalue weighted by Gasteiger charge is 2.32. The monoisotopic (exact) mass is 221 g/mol. The number of aromatic nitrogens is 2. The second kappa shape index (κ2) is 4.78. The zero-order valence-corrected chi connectivity index (χ0v) is 9.72. The summed E-state index contributed by atoms with van der Waals surface area (Å²) in [6.45, 7) is 0.612. The predicted octanol–water partition coefficient (Wildman–Crippen LogP) is 1.37. The molecule has 1 aromatic rings. The summed E-state index contributed by atoms with van der Waals surface area (Å²) in [5.74, 6) is 1.17. The van der Waals surface area contributed by atoms with Crippen LogP contribution in [0.1, 0.15) is 36.3 Å². The lowest BCUT2D eigenvalue weighted by Gasteiger charge is -2.29. The average molecular weight is 221 g/mol. The maximum Gasteiger partial charge on any atom is 0.201 e. The van der Waals surface area contributed by atoms with Gasteiger partial charge in [-0.25, -0.2) is 4.98 Å². The molecule has 0 aromatic carbocycles. The normalized spacial score (nSPS) is 25.6. The van der Waals surface area contributed by atoms with Crippen molar-refractivity contribution in [2.24, 2.45) is 24.6 Å². The lowest BCUT2D eigenvalue weighted by atomic mass is 9.77. The van der Waals surface area contributed by atoms with Crippen LogP contribution in [0.4, 0.5) is 0 Å². The van der Waals surface area contributed by atoms with Crippen LogP contribution >= 0.6 is 0 Å². The van der Waals surface area contributed by atoms with Crippen LogP contribution in [0.2, 0.25) is 0 Å². The van der Waals surface area contributed by atoms with Gasteiger partial charge in [-0.1, -0.05) is 12.8 Å². The van der Waals surface area contributed by atoms with E-state index in [-0.39, 0.29) is 11.7 Å². The molecule has 88 valence electrons. The van der Waals surface area contributed by atoms with E-state index in [0.29, 0.717) is 18.3 Å². The average Bonchev–Trinajstić information content (AvgIpc) is 2.74. The molecule has 0 saturated heterocycles.